The number of nitrogens with zero attached hydrogens (tertiary/aromatic N) is 1. The largest absolute Gasteiger partial charge is 0.396 e. The van der Waals surface area contributed by atoms with Gasteiger partial charge in [0.15, 0.2) is 0 Å². The third-order valence-corrected chi connectivity index (χ3v) is 4.42. The maximum absolute atomic E-state index is 9.19. The average Bonchev–Trinajstić information content (AvgIpc) is 2.23. The van der Waals surface area contributed by atoms with Crippen LogP contribution in [0.1, 0.15) is 38.5 Å². The number of hydrogen-bond acceptors (Lipinski definition) is 2. The van der Waals surface area contributed by atoms with E-state index in [0.29, 0.717) is 6.61 Å². The van der Waals surface area contributed by atoms with Crippen molar-refractivity contribution in [2.45, 2.75) is 38.5 Å². The molecule has 0 amide bonds. The molecule has 1 atom stereocenters. The molecule has 1 unspecified atom stereocenters. The minimum absolute atomic E-state index is 0.390. The van der Waals surface area contributed by atoms with E-state index in [1.54, 1.807) is 0 Å². The van der Waals surface area contributed by atoms with Crippen LogP contribution in [0.2, 0.25) is 0 Å². The number of rotatable bonds is 4. The minimum atomic E-state index is 0.390. The average molecular weight is 211 g/mol. The normalized spacial score (nSPS) is 27.6. The van der Waals surface area contributed by atoms with Gasteiger partial charge in [0.1, 0.15) is 0 Å². The first kappa shape index (κ1) is 11.4. The van der Waals surface area contributed by atoms with Gasteiger partial charge in [-0.1, -0.05) is 32.1 Å². The van der Waals surface area contributed by atoms with Crippen molar-refractivity contribution in [3.05, 3.63) is 0 Å². The molecular weight excluding hydrogens is 186 g/mol. The molecular formula is C13H25NO. The summed E-state index contributed by atoms with van der Waals surface area (Å²) < 4.78 is 0. The standard InChI is InChI=1S/C13H25NO/c1-14-9-12(10-14)13(7-8-15)11-5-3-2-4-6-11/h11-13,15H,2-10H2,1H3. The highest BCUT2D eigenvalue weighted by atomic mass is 16.3. The van der Waals surface area contributed by atoms with Crippen LogP contribution in [0.15, 0.2) is 0 Å². The molecule has 0 aromatic rings. The van der Waals surface area contributed by atoms with Gasteiger partial charge in [-0.05, 0) is 31.2 Å². The van der Waals surface area contributed by atoms with Gasteiger partial charge in [0.05, 0.1) is 0 Å². The zero-order valence-electron chi connectivity index (χ0n) is 9.99. The smallest absolute Gasteiger partial charge is 0.0433 e. The van der Waals surface area contributed by atoms with Crippen LogP contribution in [0.4, 0.5) is 0 Å². The quantitative estimate of drug-likeness (QED) is 0.770. The second-order valence-electron chi connectivity index (χ2n) is 5.56. The van der Waals surface area contributed by atoms with Crippen LogP contribution in [0.3, 0.4) is 0 Å². The van der Waals surface area contributed by atoms with E-state index in [4.69, 9.17) is 0 Å². The Bertz CT molecular complexity index is 183. The highest BCUT2D eigenvalue weighted by Crippen LogP contribution is 2.38. The Balaban J connectivity index is 1.86. The number of aliphatic hydroxyl groups excluding tert-OH is 1. The Hall–Kier alpha value is -0.0800. The molecule has 1 aliphatic carbocycles. The fourth-order valence-electron chi connectivity index (χ4n) is 3.59. The van der Waals surface area contributed by atoms with Crippen molar-refractivity contribution in [2.75, 3.05) is 26.7 Å². The summed E-state index contributed by atoms with van der Waals surface area (Å²) in [7, 11) is 2.20. The summed E-state index contributed by atoms with van der Waals surface area (Å²) in [4.78, 5) is 2.40. The number of likely N-dealkylation sites (tertiary alicyclic amines) is 1. The van der Waals surface area contributed by atoms with Crippen LogP contribution < -0.4 is 0 Å². The third-order valence-electron chi connectivity index (χ3n) is 4.42. The first-order valence-electron chi connectivity index (χ1n) is 6.60. The molecule has 2 heteroatoms. The summed E-state index contributed by atoms with van der Waals surface area (Å²) >= 11 is 0. The first-order chi connectivity index (χ1) is 7.31. The Labute approximate surface area is 93.7 Å². The van der Waals surface area contributed by atoms with Gasteiger partial charge in [-0.15, -0.1) is 0 Å². The van der Waals surface area contributed by atoms with E-state index < -0.39 is 0 Å². The molecule has 0 aromatic carbocycles. The van der Waals surface area contributed by atoms with E-state index in [1.165, 1.54) is 45.2 Å². The highest BCUT2D eigenvalue weighted by Gasteiger charge is 2.35. The molecule has 1 aliphatic heterocycles. The van der Waals surface area contributed by atoms with Crippen molar-refractivity contribution in [3.63, 3.8) is 0 Å². The van der Waals surface area contributed by atoms with Crippen LogP contribution in [-0.4, -0.2) is 36.8 Å². The van der Waals surface area contributed by atoms with E-state index in [1.807, 2.05) is 0 Å². The van der Waals surface area contributed by atoms with Gasteiger partial charge < -0.3 is 10.0 Å². The zero-order chi connectivity index (χ0) is 10.7. The predicted molar refractivity (Wildman–Crippen MR) is 62.8 cm³/mol. The second kappa shape index (κ2) is 5.31. The van der Waals surface area contributed by atoms with Crippen molar-refractivity contribution in [1.82, 2.24) is 4.90 Å². The summed E-state index contributed by atoms with van der Waals surface area (Å²) in [5.74, 6) is 2.61. The third kappa shape index (κ3) is 2.73. The summed E-state index contributed by atoms with van der Waals surface area (Å²) in [6, 6.07) is 0. The van der Waals surface area contributed by atoms with Gasteiger partial charge in [-0.25, -0.2) is 0 Å². The SMILES string of the molecule is CN1CC(C(CCO)C2CCCCC2)C1. The van der Waals surface area contributed by atoms with Crippen molar-refractivity contribution < 1.29 is 5.11 Å². The Kier molecular flexibility index (Phi) is 4.04. The monoisotopic (exact) mass is 211 g/mol. The van der Waals surface area contributed by atoms with Crippen LogP contribution in [-0.2, 0) is 0 Å². The molecule has 0 spiro atoms. The van der Waals surface area contributed by atoms with Gasteiger partial charge in [0, 0.05) is 19.7 Å². The summed E-state index contributed by atoms with van der Waals surface area (Å²) in [6.45, 7) is 2.92. The fourth-order valence-corrected chi connectivity index (χ4v) is 3.59. The molecule has 0 bridgehead atoms. The Morgan fingerprint density at radius 3 is 2.33 bits per heavy atom. The van der Waals surface area contributed by atoms with Crippen LogP contribution in [0.5, 0.6) is 0 Å². The molecule has 0 radical (unpaired) electrons. The van der Waals surface area contributed by atoms with Gasteiger partial charge in [0.2, 0.25) is 0 Å². The minimum Gasteiger partial charge on any atom is -0.396 e. The lowest BCUT2D eigenvalue weighted by atomic mass is 9.70. The topological polar surface area (TPSA) is 23.5 Å². The molecule has 15 heavy (non-hydrogen) atoms. The van der Waals surface area contributed by atoms with E-state index in [-0.39, 0.29) is 0 Å². The first-order valence-corrected chi connectivity index (χ1v) is 6.60. The van der Waals surface area contributed by atoms with Crippen LogP contribution in [0.25, 0.3) is 0 Å². The summed E-state index contributed by atoms with van der Waals surface area (Å²) in [5.41, 5.74) is 0. The molecule has 88 valence electrons. The molecule has 1 saturated heterocycles. The van der Waals surface area contributed by atoms with Gasteiger partial charge in [-0.2, -0.15) is 0 Å². The van der Waals surface area contributed by atoms with Crippen LogP contribution in [0, 0.1) is 17.8 Å². The molecule has 2 rings (SSSR count). The van der Waals surface area contributed by atoms with Crippen LogP contribution >= 0.6 is 0 Å². The van der Waals surface area contributed by atoms with Crippen molar-refractivity contribution >= 4 is 0 Å². The van der Waals surface area contributed by atoms with Gasteiger partial charge in [0.25, 0.3) is 0 Å². The fraction of sp³-hybridized carbons (Fsp3) is 1.00. The Morgan fingerprint density at radius 1 is 1.13 bits per heavy atom. The molecule has 2 fully saturated rings. The van der Waals surface area contributed by atoms with E-state index in [9.17, 15) is 5.11 Å². The lowest BCUT2D eigenvalue weighted by Gasteiger charge is -2.45. The predicted octanol–water partition coefficient (Wildman–Crippen LogP) is 2.13. The van der Waals surface area contributed by atoms with E-state index >= 15 is 0 Å². The Morgan fingerprint density at radius 2 is 1.80 bits per heavy atom. The maximum Gasteiger partial charge on any atom is 0.0433 e. The maximum atomic E-state index is 9.19. The number of aliphatic hydroxyl groups is 1. The summed E-state index contributed by atoms with van der Waals surface area (Å²) in [6.07, 6.45) is 8.18. The molecule has 1 heterocycles. The molecule has 2 nitrogen and oxygen atoms in total. The number of hydrogen-bond donors (Lipinski definition) is 1. The van der Waals surface area contributed by atoms with E-state index in [2.05, 4.69) is 11.9 Å². The van der Waals surface area contributed by atoms with Crippen molar-refractivity contribution in [1.29, 1.82) is 0 Å². The molecule has 0 aromatic heterocycles. The second-order valence-corrected chi connectivity index (χ2v) is 5.56. The van der Waals surface area contributed by atoms with Crippen molar-refractivity contribution in [3.8, 4) is 0 Å². The van der Waals surface area contributed by atoms with Crippen molar-refractivity contribution in [2.24, 2.45) is 17.8 Å². The summed E-state index contributed by atoms with van der Waals surface area (Å²) in [5, 5.41) is 9.19. The van der Waals surface area contributed by atoms with Gasteiger partial charge in [-0.3, -0.25) is 0 Å². The van der Waals surface area contributed by atoms with Gasteiger partial charge >= 0.3 is 0 Å². The van der Waals surface area contributed by atoms with E-state index in [0.717, 1.165) is 24.2 Å². The molecule has 2 aliphatic rings. The molecule has 1 N–H and O–H groups in total. The lowest BCUT2D eigenvalue weighted by Crippen LogP contribution is -2.49. The molecule has 1 saturated carbocycles. The lowest BCUT2D eigenvalue weighted by molar-refractivity contribution is 0.0300. The highest BCUT2D eigenvalue weighted by molar-refractivity contribution is 4.87. The zero-order valence-corrected chi connectivity index (χ0v) is 9.99.